The number of carbonyl (C=O) groups excluding carboxylic acids is 1. The summed E-state index contributed by atoms with van der Waals surface area (Å²) in [6, 6.07) is 14.1. The van der Waals surface area contributed by atoms with Crippen molar-refractivity contribution in [2.45, 2.75) is 6.92 Å². The Morgan fingerprint density at radius 3 is 2.47 bits per heavy atom. The van der Waals surface area contributed by atoms with Crippen LogP contribution in [0, 0.1) is 6.92 Å². The molecule has 0 atom stereocenters. The molecule has 2 aromatic carbocycles. The summed E-state index contributed by atoms with van der Waals surface area (Å²) in [5, 5.41) is 12.3. The number of phenols is 1. The number of benzene rings is 2. The predicted molar refractivity (Wildman–Crippen MR) is 67.2 cm³/mol. The molecule has 0 bridgehead atoms. The molecule has 3 heteroatoms. The second-order valence-electron chi connectivity index (χ2n) is 3.77. The third-order valence-electron chi connectivity index (χ3n) is 2.58. The largest absolute Gasteiger partial charge is 0.508 e. The van der Waals surface area contributed by atoms with Gasteiger partial charge in [0.15, 0.2) is 0 Å². The van der Waals surface area contributed by atoms with Crippen molar-refractivity contribution >= 4 is 11.6 Å². The van der Waals surface area contributed by atoms with Gasteiger partial charge in [-0.05, 0) is 31.2 Å². The molecule has 2 rings (SSSR count). The van der Waals surface area contributed by atoms with Crippen LogP contribution in [0.2, 0.25) is 0 Å². The van der Waals surface area contributed by atoms with E-state index in [1.54, 1.807) is 25.1 Å². The Morgan fingerprint density at radius 1 is 1.06 bits per heavy atom. The SMILES string of the molecule is Cc1c(O)cccc1C(=O)Nc1ccccc1. The summed E-state index contributed by atoms with van der Waals surface area (Å²) in [6.45, 7) is 1.72. The maximum Gasteiger partial charge on any atom is 0.256 e. The minimum absolute atomic E-state index is 0.130. The highest BCUT2D eigenvalue weighted by Crippen LogP contribution is 2.20. The maximum absolute atomic E-state index is 12.0. The molecule has 0 unspecified atom stereocenters. The van der Waals surface area contributed by atoms with Crippen LogP contribution >= 0.6 is 0 Å². The third-order valence-corrected chi connectivity index (χ3v) is 2.58. The van der Waals surface area contributed by atoms with E-state index in [0.29, 0.717) is 11.1 Å². The van der Waals surface area contributed by atoms with E-state index >= 15 is 0 Å². The van der Waals surface area contributed by atoms with Crippen LogP contribution in [0.1, 0.15) is 15.9 Å². The Labute approximate surface area is 99.7 Å². The molecular formula is C14H13NO2. The van der Waals surface area contributed by atoms with Crippen LogP contribution < -0.4 is 5.32 Å². The fourth-order valence-corrected chi connectivity index (χ4v) is 1.59. The first-order valence-corrected chi connectivity index (χ1v) is 5.33. The monoisotopic (exact) mass is 227 g/mol. The number of amides is 1. The van der Waals surface area contributed by atoms with Gasteiger partial charge in [0.2, 0.25) is 0 Å². The first kappa shape index (κ1) is 11.2. The number of nitrogens with one attached hydrogen (secondary N) is 1. The van der Waals surface area contributed by atoms with Crippen molar-refractivity contribution in [3.05, 3.63) is 59.7 Å². The minimum Gasteiger partial charge on any atom is -0.508 e. The molecule has 1 amide bonds. The minimum atomic E-state index is -0.218. The molecule has 0 aliphatic rings. The topological polar surface area (TPSA) is 49.3 Å². The summed E-state index contributed by atoms with van der Waals surface area (Å²) >= 11 is 0. The average Bonchev–Trinajstić information content (AvgIpc) is 2.34. The van der Waals surface area contributed by atoms with Crippen molar-refractivity contribution in [2.24, 2.45) is 0 Å². The van der Waals surface area contributed by atoms with E-state index in [2.05, 4.69) is 5.32 Å². The molecule has 2 aromatic rings. The number of rotatable bonds is 2. The van der Waals surface area contributed by atoms with E-state index < -0.39 is 0 Å². The Morgan fingerprint density at radius 2 is 1.76 bits per heavy atom. The Balaban J connectivity index is 2.24. The van der Waals surface area contributed by atoms with E-state index in [9.17, 15) is 9.90 Å². The summed E-state index contributed by atoms with van der Waals surface area (Å²) in [6.07, 6.45) is 0. The second-order valence-corrected chi connectivity index (χ2v) is 3.77. The lowest BCUT2D eigenvalue weighted by Crippen LogP contribution is -2.13. The standard InChI is InChI=1S/C14H13NO2/c1-10-12(8-5-9-13(10)16)14(17)15-11-6-3-2-4-7-11/h2-9,16H,1H3,(H,15,17). The van der Waals surface area contributed by atoms with Crippen molar-refractivity contribution in [3.8, 4) is 5.75 Å². The van der Waals surface area contributed by atoms with Crippen LogP contribution in [0.3, 0.4) is 0 Å². The van der Waals surface area contributed by atoms with Crippen molar-refractivity contribution in [1.82, 2.24) is 0 Å². The van der Waals surface area contributed by atoms with Gasteiger partial charge >= 0.3 is 0 Å². The van der Waals surface area contributed by atoms with Gasteiger partial charge in [-0.3, -0.25) is 4.79 Å². The van der Waals surface area contributed by atoms with E-state index in [0.717, 1.165) is 5.69 Å². The van der Waals surface area contributed by atoms with Crippen molar-refractivity contribution < 1.29 is 9.90 Å². The highest BCUT2D eigenvalue weighted by molar-refractivity contribution is 6.05. The summed E-state index contributed by atoms with van der Waals surface area (Å²) < 4.78 is 0. The first-order valence-electron chi connectivity index (χ1n) is 5.33. The maximum atomic E-state index is 12.0. The molecule has 0 saturated heterocycles. The van der Waals surface area contributed by atoms with E-state index in [-0.39, 0.29) is 11.7 Å². The van der Waals surface area contributed by atoms with Crippen LogP contribution in [-0.4, -0.2) is 11.0 Å². The molecule has 0 spiro atoms. The fourth-order valence-electron chi connectivity index (χ4n) is 1.59. The van der Waals surface area contributed by atoms with Crippen LogP contribution in [0.4, 0.5) is 5.69 Å². The van der Waals surface area contributed by atoms with Gasteiger partial charge in [-0.25, -0.2) is 0 Å². The lowest BCUT2D eigenvalue weighted by atomic mass is 10.1. The zero-order valence-corrected chi connectivity index (χ0v) is 9.47. The van der Waals surface area contributed by atoms with Gasteiger partial charge in [0.25, 0.3) is 5.91 Å². The molecular weight excluding hydrogens is 214 g/mol. The number of carbonyl (C=O) groups is 1. The number of hydrogen-bond acceptors (Lipinski definition) is 2. The lowest BCUT2D eigenvalue weighted by Gasteiger charge is -2.08. The number of para-hydroxylation sites is 1. The Hall–Kier alpha value is -2.29. The quantitative estimate of drug-likeness (QED) is 0.828. The molecule has 17 heavy (non-hydrogen) atoms. The zero-order valence-electron chi connectivity index (χ0n) is 9.47. The first-order chi connectivity index (χ1) is 8.18. The molecule has 0 aliphatic carbocycles. The number of phenolic OH excluding ortho intramolecular Hbond substituents is 1. The summed E-state index contributed by atoms with van der Waals surface area (Å²) in [4.78, 5) is 12.0. The molecule has 2 N–H and O–H groups in total. The highest BCUT2D eigenvalue weighted by Gasteiger charge is 2.10. The normalized spacial score (nSPS) is 9.94. The molecule has 0 aromatic heterocycles. The van der Waals surface area contributed by atoms with Crippen LogP contribution in [0.25, 0.3) is 0 Å². The second kappa shape index (κ2) is 4.70. The third kappa shape index (κ3) is 2.45. The van der Waals surface area contributed by atoms with Crippen LogP contribution in [0.15, 0.2) is 48.5 Å². The van der Waals surface area contributed by atoms with Crippen molar-refractivity contribution in [3.63, 3.8) is 0 Å². The fraction of sp³-hybridized carbons (Fsp3) is 0.0714. The average molecular weight is 227 g/mol. The van der Waals surface area contributed by atoms with Gasteiger partial charge in [-0.15, -0.1) is 0 Å². The lowest BCUT2D eigenvalue weighted by molar-refractivity contribution is 0.102. The smallest absolute Gasteiger partial charge is 0.256 e. The predicted octanol–water partition coefficient (Wildman–Crippen LogP) is 2.95. The van der Waals surface area contributed by atoms with Gasteiger partial charge in [-0.1, -0.05) is 24.3 Å². The van der Waals surface area contributed by atoms with Crippen molar-refractivity contribution in [1.29, 1.82) is 0 Å². The molecule has 86 valence electrons. The van der Waals surface area contributed by atoms with Gasteiger partial charge < -0.3 is 10.4 Å². The Bertz CT molecular complexity index is 535. The van der Waals surface area contributed by atoms with Crippen molar-refractivity contribution in [2.75, 3.05) is 5.32 Å². The molecule has 0 radical (unpaired) electrons. The molecule has 0 heterocycles. The molecule has 0 fully saturated rings. The number of aromatic hydroxyl groups is 1. The van der Waals surface area contributed by atoms with Crippen LogP contribution in [-0.2, 0) is 0 Å². The number of hydrogen-bond donors (Lipinski definition) is 2. The molecule has 3 nitrogen and oxygen atoms in total. The molecule has 0 saturated carbocycles. The highest BCUT2D eigenvalue weighted by atomic mass is 16.3. The van der Waals surface area contributed by atoms with E-state index in [1.165, 1.54) is 0 Å². The summed E-state index contributed by atoms with van der Waals surface area (Å²) in [5.74, 6) is -0.0877. The van der Waals surface area contributed by atoms with E-state index in [4.69, 9.17) is 0 Å². The van der Waals surface area contributed by atoms with Crippen LogP contribution in [0.5, 0.6) is 5.75 Å². The van der Waals surface area contributed by atoms with Gasteiger partial charge in [0.05, 0.1) is 0 Å². The van der Waals surface area contributed by atoms with Gasteiger partial charge in [-0.2, -0.15) is 0 Å². The number of anilines is 1. The summed E-state index contributed by atoms with van der Waals surface area (Å²) in [7, 11) is 0. The molecule has 0 aliphatic heterocycles. The zero-order chi connectivity index (χ0) is 12.3. The Kier molecular flexibility index (Phi) is 3.10. The van der Waals surface area contributed by atoms with Gasteiger partial charge in [0.1, 0.15) is 5.75 Å². The summed E-state index contributed by atoms with van der Waals surface area (Å²) in [5.41, 5.74) is 1.80. The van der Waals surface area contributed by atoms with Gasteiger partial charge in [0, 0.05) is 16.8 Å². The van der Waals surface area contributed by atoms with E-state index in [1.807, 2.05) is 30.3 Å².